The van der Waals surface area contributed by atoms with Crippen LogP contribution in [-0.2, 0) is 6.54 Å². The maximum atomic E-state index is 4.48. The lowest BCUT2D eigenvalue weighted by Crippen LogP contribution is -2.27. The molecule has 0 aliphatic carbocycles. The molecule has 4 heteroatoms. The second kappa shape index (κ2) is 8.00. The van der Waals surface area contributed by atoms with Crippen LogP contribution in [0.5, 0.6) is 0 Å². The number of nitrogens with one attached hydrogen (secondary N) is 1. The number of unbranched alkanes of at least 4 members (excludes halogenated alkanes) is 1. The van der Waals surface area contributed by atoms with Gasteiger partial charge in [-0.05, 0) is 47.2 Å². The van der Waals surface area contributed by atoms with E-state index in [1.165, 1.54) is 12.8 Å². The van der Waals surface area contributed by atoms with Crippen molar-refractivity contribution in [3.63, 3.8) is 0 Å². The molecule has 1 N–H and O–H groups in total. The Morgan fingerprint density at radius 3 is 2.84 bits per heavy atom. The molecule has 108 valence electrons. The second-order valence-corrected chi connectivity index (χ2v) is 5.35. The predicted molar refractivity (Wildman–Crippen MR) is 82.7 cm³/mol. The normalized spacial score (nSPS) is 11.3. The lowest BCUT2D eigenvalue weighted by atomic mass is 10.2. The summed E-state index contributed by atoms with van der Waals surface area (Å²) in [7, 11) is 2.18. The minimum Gasteiger partial charge on any atom is -0.352 e. The average molecular weight is 264 g/mol. The first-order valence-electron chi connectivity index (χ1n) is 7.13. The summed E-state index contributed by atoms with van der Waals surface area (Å²) >= 11 is 0. The fourth-order valence-electron chi connectivity index (χ4n) is 1.92. The van der Waals surface area contributed by atoms with Crippen LogP contribution in [0.3, 0.4) is 0 Å². The Labute approximate surface area is 117 Å². The van der Waals surface area contributed by atoms with Gasteiger partial charge in [0.05, 0.1) is 5.69 Å². The first-order valence-corrected chi connectivity index (χ1v) is 7.13. The quantitative estimate of drug-likeness (QED) is 0.550. The van der Waals surface area contributed by atoms with Gasteiger partial charge in [0.1, 0.15) is 0 Å². The van der Waals surface area contributed by atoms with Gasteiger partial charge in [0.2, 0.25) is 5.95 Å². The molecular formula is C15H28N4. The SMILES string of the molecule is C=CCNc1nc(C)cn1CCCCN(C)C(C)C. The van der Waals surface area contributed by atoms with E-state index in [0.29, 0.717) is 6.04 Å². The highest BCUT2D eigenvalue weighted by molar-refractivity contribution is 5.29. The molecule has 1 rings (SSSR count). The van der Waals surface area contributed by atoms with Crippen LogP contribution in [0.2, 0.25) is 0 Å². The topological polar surface area (TPSA) is 33.1 Å². The van der Waals surface area contributed by atoms with Crippen LogP contribution in [0.25, 0.3) is 0 Å². The highest BCUT2D eigenvalue weighted by Gasteiger charge is 2.05. The Morgan fingerprint density at radius 2 is 2.21 bits per heavy atom. The van der Waals surface area contributed by atoms with Gasteiger partial charge in [-0.2, -0.15) is 0 Å². The van der Waals surface area contributed by atoms with Crippen molar-refractivity contribution in [1.29, 1.82) is 0 Å². The number of aryl methyl sites for hydroxylation is 2. The van der Waals surface area contributed by atoms with Gasteiger partial charge in [-0.3, -0.25) is 0 Å². The summed E-state index contributed by atoms with van der Waals surface area (Å²) in [6.07, 6.45) is 6.35. The van der Waals surface area contributed by atoms with Crippen LogP contribution < -0.4 is 5.32 Å². The van der Waals surface area contributed by atoms with Gasteiger partial charge in [-0.25, -0.2) is 4.98 Å². The lowest BCUT2D eigenvalue weighted by Gasteiger charge is -2.20. The molecule has 19 heavy (non-hydrogen) atoms. The number of imidazole rings is 1. The largest absolute Gasteiger partial charge is 0.352 e. The van der Waals surface area contributed by atoms with Crippen molar-refractivity contribution in [2.75, 3.05) is 25.5 Å². The lowest BCUT2D eigenvalue weighted by molar-refractivity contribution is 0.266. The Bertz CT molecular complexity index is 381. The summed E-state index contributed by atoms with van der Waals surface area (Å²) in [4.78, 5) is 6.87. The molecule has 0 amide bonds. The van der Waals surface area contributed by atoms with Crippen molar-refractivity contribution in [3.05, 3.63) is 24.5 Å². The Kier molecular flexibility index (Phi) is 6.64. The van der Waals surface area contributed by atoms with Crippen LogP contribution in [0, 0.1) is 6.92 Å². The molecular weight excluding hydrogens is 236 g/mol. The molecule has 1 aromatic heterocycles. The van der Waals surface area contributed by atoms with Crippen LogP contribution in [0.1, 0.15) is 32.4 Å². The van der Waals surface area contributed by atoms with Gasteiger partial charge >= 0.3 is 0 Å². The molecule has 1 heterocycles. The number of rotatable bonds is 9. The number of hydrogen-bond donors (Lipinski definition) is 1. The number of nitrogens with zero attached hydrogens (tertiary/aromatic N) is 3. The molecule has 0 aliphatic rings. The van der Waals surface area contributed by atoms with Gasteiger partial charge in [-0.15, -0.1) is 6.58 Å². The average Bonchev–Trinajstić information content (AvgIpc) is 2.72. The van der Waals surface area contributed by atoms with E-state index in [2.05, 4.69) is 53.4 Å². The van der Waals surface area contributed by atoms with Crippen LogP contribution in [0.15, 0.2) is 18.9 Å². The van der Waals surface area contributed by atoms with E-state index >= 15 is 0 Å². The minimum absolute atomic E-state index is 0.625. The molecule has 0 saturated carbocycles. The van der Waals surface area contributed by atoms with Gasteiger partial charge in [0.25, 0.3) is 0 Å². The van der Waals surface area contributed by atoms with Crippen molar-refractivity contribution < 1.29 is 0 Å². The van der Waals surface area contributed by atoms with E-state index in [9.17, 15) is 0 Å². The number of anilines is 1. The van der Waals surface area contributed by atoms with E-state index in [1.807, 2.05) is 13.0 Å². The third-order valence-corrected chi connectivity index (χ3v) is 3.34. The third kappa shape index (κ3) is 5.47. The van der Waals surface area contributed by atoms with Crippen molar-refractivity contribution in [2.45, 2.75) is 46.2 Å². The molecule has 0 atom stereocenters. The molecule has 0 saturated heterocycles. The molecule has 0 aliphatic heterocycles. The molecule has 0 spiro atoms. The number of hydrogen-bond acceptors (Lipinski definition) is 3. The van der Waals surface area contributed by atoms with Gasteiger partial charge in [-0.1, -0.05) is 6.08 Å². The van der Waals surface area contributed by atoms with Crippen molar-refractivity contribution >= 4 is 5.95 Å². The maximum Gasteiger partial charge on any atom is 0.203 e. The molecule has 0 fully saturated rings. The monoisotopic (exact) mass is 264 g/mol. The summed E-state index contributed by atoms with van der Waals surface area (Å²) in [6.45, 7) is 13.1. The third-order valence-electron chi connectivity index (χ3n) is 3.34. The van der Waals surface area contributed by atoms with Gasteiger partial charge in [0.15, 0.2) is 0 Å². The molecule has 4 nitrogen and oxygen atoms in total. The zero-order valence-electron chi connectivity index (χ0n) is 12.8. The van der Waals surface area contributed by atoms with Crippen molar-refractivity contribution in [2.24, 2.45) is 0 Å². The smallest absolute Gasteiger partial charge is 0.203 e. The highest BCUT2D eigenvalue weighted by atomic mass is 15.2. The Hall–Kier alpha value is -1.29. The standard InChI is InChI=1S/C15H28N4/c1-6-9-16-15-17-14(4)12-19(15)11-8-7-10-18(5)13(2)3/h6,12-13H,1,7-11H2,2-5H3,(H,16,17). The zero-order chi connectivity index (χ0) is 14.3. The molecule has 1 aromatic rings. The highest BCUT2D eigenvalue weighted by Crippen LogP contribution is 2.10. The fourth-order valence-corrected chi connectivity index (χ4v) is 1.92. The van der Waals surface area contributed by atoms with E-state index < -0.39 is 0 Å². The summed E-state index contributed by atoms with van der Waals surface area (Å²) in [5.74, 6) is 0.953. The van der Waals surface area contributed by atoms with Crippen molar-refractivity contribution in [1.82, 2.24) is 14.5 Å². The molecule has 0 radical (unpaired) electrons. The zero-order valence-corrected chi connectivity index (χ0v) is 12.8. The Balaban J connectivity index is 2.38. The first kappa shape index (κ1) is 15.8. The maximum absolute atomic E-state index is 4.48. The number of aromatic nitrogens is 2. The minimum atomic E-state index is 0.625. The van der Waals surface area contributed by atoms with E-state index in [1.54, 1.807) is 0 Å². The van der Waals surface area contributed by atoms with E-state index in [-0.39, 0.29) is 0 Å². The second-order valence-electron chi connectivity index (χ2n) is 5.35. The van der Waals surface area contributed by atoms with E-state index in [4.69, 9.17) is 0 Å². The molecule has 0 bridgehead atoms. The van der Waals surface area contributed by atoms with Crippen LogP contribution >= 0.6 is 0 Å². The van der Waals surface area contributed by atoms with Gasteiger partial charge in [0, 0.05) is 25.3 Å². The van der Waals surface area contributed by atoms with Crippen LogP contribution in [0.4, 0.5) is 5.95 Å². The predicted octanol–water partition coefficient (Wildman–Crippen LogP) is 2.91. The summed E-state index contributed by atoms with van der Waals surface area (Å²) in [5.41, 5.74) is 1.06. The van der Waals surface area contributed by atoms with Crippen molar-refractivity contribution in [3.8, 4) is 0 Å². The van der Waals surface area contributed by atoms with Gasteiger partial charge < -0.3 is 14.8 Å². The first-order chi connectivity index (χ1) is 9.04. The molecule has 0 aromatic carbocycles. The van der Waals surface area contributed by atoms with Crippen LogP contribution in [-0.4, -0.2) is 40.6 Å². The summed E-state index contributed by atoms with van der Waals surface area (Å²) < 4.78 is 2.20. The summed E-state index contributed by atoms with van der Waals surface area (Å²) in [6, 6.07) is 0.625. The van der Waals surface area contributed by atoms with E-state index in [0.717, 1.165) is 31.3 Å². The Morgan fingerprint density at radius 1 is 1.47 bits per heavy atom. The fraction of sp³-hybridized carbons (Fsp3) is 0.667. The molecule has 0 unspecified atom stereocenters. The summed E-state index contributed by atoms with van der Waals surface area (Å²) in [5, 5.41) is 3.28.